The topological polar surface area (TPSA) is 68.7 Å². The molecular weight excluding hydrogens is 414 g/mol. The number of aryl methyl sites for hydroxylation is 1. The van der Waals surface area contributed by atoms with E-state index >= 15 is 0 Å². The molecule has 0 fully saturated rings. The van der Waals surface area contributed by atoms with Gasteiger partial charge in [-0.1, -0.05) is 42.5 Å². The molecule has 5 rings (SSSR count). The Hall–Kier alpha value is -3.28. The highest BCUT2D eigenvalue weighted by Crippen LogP contribution is 2.43. The Morgan fingerprint density at radius 2 is 1.82 bits per heavy atom. The van der Waals surface area contributed by atoms with Crippen LogP contribution in [0, 0.1) is 6.92 Å². The van der Waals surface area contributed by atoms with E-state index in [4.69, 9.17) is 14.5 Å². The molecule has 0 saturated heterocycles. The van der Waals surface area contributed by atoms with Crippen molar-refractivity contribution in [3.8, 4) is 11.1 Å². The van der Waals surface area contributed by atoms with Crippen LogP contribution in [0.25, 0.3) is 32.8 Å². The Morgan fingerprint density at radius 1 is 1.09 bits per heavy atom. The first-order valence-electron chi connectivity index (χ1n) is 11.1. The van der Waals surface area contributed by atoms with E-state index in [0.717, 1.165) is 49.5 Å². The van der Waals surface area contributed by atoms with Gasteiger partial charge in [0.2, 0.25) is 0 Å². The van der Waals surface area contributed by atoms with Crippen LogP contribution in [0.3, 0.4) is 0 Å². The summed E-state index contributed by atoms with van der Waals surface area (Å²) < 4.78 is 11.9. The maximum Gasteiger partial charge on any atom is 0.337 e. The molecule has 1 unspecified atom stereocenters. The van der Waals surface area contributed by atoms with Crippen molar-refractivity contribution < 1.29 is 19.4 Å². The van der Waals surface area contributed by atoms with Crippen molar-refractivity contribution in [2.75, 3.05) is 0 Å². The molecule has 0 saturated carbocycles. The number of fused-ring (bicyclic) bond motifs is 1. The van der Waals surface area contributed by atoms with E-state index in [1.807, 2.05) is 64.1 Å². The highest BCUT2D eigenvalue weighted by molar-refractivity contribution is 6.08. The van der Waals surface area contributed by atoms with Crippen LogP contribution in [-0.2, 0) is 27.5 Å². The van der Waals surface area contributed by atoms with Crippen LogP contribution in [-0.4, -0.2) is 21.7 Å². The van der Waals surface area contributed by atoms with E-state index in [1.165, 1.54) is 0 Å². The molecule has 4 aromatic rings. The summed E-state index contributed by atoms with van der Waals surface area (Å²) in [6, 6.07) is 16.2. The molecule has 0 radical (unpaired) electrons. The fourth-order valence-corrected chi connectivity index (χ4v) is 4.84. The van der Waals surface area contributed by atoms with Gasteiger partial charge in [0.1, 0.15) is 0 Å². The minimum absolute atomic E-state index is 0.543. The largest absolute Gasteiger partial charge is 0.479 e. The second kappa shape index (κ2) is 7.94. The lowest BCUT2D eigenvalue weighted by Gasteiger charge is -2.29. The molecular formula is C28H27NO4. The van der Waals surface area contributed by atoms with Crippen molar-refractivity contribution in [3.05, 3.63) is 77.0 Å². The molecule has 0 amide bonds. The molecule has 168 valence electrons. The van der Waals surface area contributed by atoms with Crippen LogP contribution in [0.2, 0.25) is 0 Å². The Bertz CT molecular complexity index is 1390. The van der Waals surface area contributed by atoms with E-state index in [2.05, 4.69) is 12.1 Å². The fourth-order valence-electron chi connectivity index (χ4n) is 4.84. The number of aromatic nitrogens is 1. The number of hydrogen-bond donors (Lipinski definition) is 1. The van der Waals surface area contributed by atoms with Gasteiger partial charge in [0, 0.05) is 22.7 Å². The first kappa shape index (κ1) is 21.6. The normalized spacial score (nSPS) is 14.5. The fraction of sp³-hybridized carbons (Fsp3) is 0.286. The number of carbonyl (C=O) groups is 1. The van der Waals surface area contributed by atoms with Crippen molar-refractivity contribution in [3.63, 3.8) is 0 Å². The minimum Gasteiger partial charge on any atom is -0.479 e. The molecule has 3 aromatic carbocycles. The van der Waals surface area contributed by atoms with Crippen LogP contribution in [0.5, 0.6) is 0 Å². The highest BCUT2D eigenvalue weighted by atomic mass is 16.5. The first-order chi connectivity index (χ1) is 15.7. The smallest absolute Gasteiger partial charge is 0.337 e. The predicted octanol–water partition coefficient (Wildman–Crippen LogP) is 6.33. The molecule has 33 heavy (non-hydrogen) atoms. The number of nitrogens with zero attached hydrogens (tertiary/aromatic N) is 1. The molecule has 1 aliphatic heterocycles. The van der Waals surface area contributed by atoms with Crippen molar-refractivity contribution >= 4 is 27.6 Å². The third-order valence-corrected chi connectivity index (χ3v) is 6.10. The number of rotatable bonds is 4. The number of ether oxygens (including phenoxy) is 2. The molecule has 1 aromatic heterocycles. The van der Waals surface area contributed by atoms with E-state index < -0.39 is 17.7 Å². The van der Waals surface area contributed by atoms with Gasteiger partial charge in [-0.2, -0.15) is 0 Å². The van der Waals surface area contributed by atoms with E-state index in [0.29, 0.717) is 18.8 Å². The summed E-state index contributed by atoms with van der Waals surface area (Å²) in [6.45, 7) is 8.68. The second-order valence-electron chi connectivity index (χ2n) is 9.61. The molecule has 1 N–H and O–H groups in total. The SMILES string of the molecule is Cc1cc2ccccc2c(-c2ccc3c4c(ccnc24)COC3)c1C(OC(C)(C)C)C(=O)O. The quantitative estimate of drug-likeness (QED) is 0.400. The molecule has 1 atom stereocenters. The van der Waals surface area contributed by atoms with Gasteiger partial charge in [-0.25, -0.2) is 4.79 Å². The maximum atomic E-state index is 12.5. The summed E-state index contributed by atoms with van der Waals surface area (Å²) >= 11 is 0. The second-order valence-corrected chi connectivity index (χ2v) is 9.61. The zero-order valence-corrected chi connectivity index (χ0v) is 19.3. The Kier molecular flexibility index (Phi) is 5.19. The molecule has 1 aliphatic rings. The van der Waals surface area contributed by atoms with Crippen LogP contribution in [0.15, 0.2) is 54.7 Å². The van der Waals surface area contributed by atoms with Gasteiger partial charge in [-0.3, -0.25) is 4.98 Å². The summed E-state index contributed by atoms with van der Waals surface area (Å²) in [4.78, 5) is 17.3. The third-order valence-electron chi connectivity index (χ3n) is 6.10. The Balaban J connectivity index is 1.90. The van der Waals surface area contributed by atoms with Crippen molar-refractivity contribution in [1.29, 1.82) is 0 Å². The lowest BCUT2D eigenvalue weighted by Crippen LogP contribution is -2.28. The molecule has 0 spiro atoms. The predicted molar refractivity (Wildman–Crippen MR) is 129 cm³/mol. The van der Waals surface area contributed by atoms with Gasteiger partial charge < -0.3 is 14.6 Å². The number of hydrogen-bond acceptors (Lipinski definition) is 4. The molecule has 2 heterocycles. The van der Waals surface area contributed by atoms with Gasteiger partial charge in [-0.15, -0.1) is 0 Å². The average molecular weight is 442 g/mol. The zero-order valence-electron chi connectivity index (χ0n) is 19.3. The van der Waals surface area contributed by atoms with Crippen molar-refractivity contribution in [1.82, 2.24) is 4.98 Å². The maximum absolute atomic E-state index is 12.5. The van der Waals surface area contributed by atoms with Crippen LogP contribution < -0.4 is 0 Å². The summed E-state index contributed by atoms with van der Waals surface area (Å²) in [5.74, 6) is -1.01. The molecule has 5 heteroatoms. The Labute approximate surface area is 193 Å². The summed E-state index contributed by atoms with van der Waals surface area (Å²) in [5.41, 5.74) is 5.76. The first-order valence-corrected chi connectivity index (χ1v) is 11.1. The monoisotopic (exact) mass is 441 g/mol. The van der Waals surface area contributed by atoms with Crippen LogP contribution >= 0.6 is 0 Å². The van der Waals surface area contributed by atoms with Gasteiger partial charge in [0.05, 0.1) is 24.3 Å². The average Bonchev–Trinajstić information content (AvgIpc) is 2.77. The standard InChI is InChI=1S/C28H27NO4/c1-16-13-17-7-5-6-8-20(17)24(22(16)26(27(30)31)33-28(2,3)4)21-10-9-18-14-32-15-19-11-12-29-25(21)23(18)19/h5-13,26H,14-15H2,1-4H3,(H,30,31). The third kappa shape index (κ3) is 3.77. The summed E-state index contributed by atoms with van der Waals surface area (Å²) in [6.07, 6.45) is 0.691. The molecule has 5 nitrogen and oxygen atoms in total. The zero-order chi connectivity index (χ0) is 23.3. The van der Waals surface area contributed by atoms with E-state index in [1.54, 1.807) is 6.20 Å². The lowest BCUT2D eigenvalue weighted by atomic mass is 9.85. The minimum atomic E-state index is -1.11. The molecule has 0 bridgehead atoms. The van der Waals surface area contributed by atoms with Crippen molar-refractivity contribution in [2.45, 2.75) is 52.6 Å². The number of carboxylic acid groups (broad SMARTS) is 1. The number of pyridine rings is 1. The van der Waals surface area contributed by atoms with Gasteiger partial charge in [0.25, 0.3) is 0 Å². The number of benzene rings is 3. The van der Waals surface area contributed by atoms with E-state index in [9.17, 15) is 9.90 Å². The number of carboxylic acids is 1. The van der Waals surface area contributed by atoms with Crippen LogP contribution in [0.4, 0.5) is 0 Å². The van der Waals surface area contributed by atoms with Gasteiger partial charge in [-0.05, 0) is 66.8 Å². The summed E-state index contributed by atoms with van der Waals surface area (Å²) in [7, 11) is 0. The van der Waals surface area contributed by atoms with Gasteiger partial charge in [0.15, 0.2) is 6.10 Å². The Morgan fingerprint density at radius 3 is 2.55 bits per heavy atom. The van der Waals surface area contributed by atoms with E-state index in [-0.39, 0.29) is 0 Å². The number of aliphatic carboxylic acids is 1. The summed E-state index contributed by atoms with van der Waals surface area (Å²) in [5, 5.41) is 13.4. The van der Waals surface area contributed by atoms with Crippen LogP contribution in [0.1, 0.15) is 49.1 Å². The van der Waals surface area contributed by atoms with Gasteiger partial charge >= 0.3 is 5.97 Å². The lowest BCUT2D eigenvalue weighted by molar-refractivity contribution is -0.160. The highest BCUT2D eigenvalue weighted by Gasteiger charge is 2.32. The van der Waals surface area contributed by atoms with Crippen molar-refractivity contribution in [2.24, 2.45) is 0 Å². The molecule has 0 aliphatic carbocycles.